The van der Waals surface area contributed by atoms with E-state index in [0.29, 0.717) is 16.8 Å². The molecule has 0 saturated heterocycles. The lowest BCUT2D eigenvalue weighted by Gasteiger charge is -2.03. The van der Waals surface area contributed by atoms with Crippen LogP contribution in [-0.2, 0) is 9.53 Å². The Bertz CT molecular complexity index is 751. The molecule has 0 heterocycles. The Morgan fingerprint density at radius 2 is 1.83 bits per heavy atom. The summed E-state index contributed by atoms with van der Waals surface area (Å²) >= 11 is 0. The summed E-state index contributed by atoms with van der Waals surface area (Å²) in [6.45, 7) is 1.65. The molecule has 23 heavy (non-hydrogen) atoms. The maximum atomic E-state index is 13.4. The maximum absolute atomic E-state index is 13.4. The van der Waals surface area contributed by atoms with Crippen molar-refractivity contribution in [3.63, 3.8) is 0 Å². The molecular formula is C18H16FNO3. The van der Waals surface area contributed by atoms with E-state index in [4.69, 9.17) is 0 Å². The van der Waals surface area contributed by atoms with Gasteiger partial charge in [0.05, 0.1) is 12.7 Å². The van der Waals surface area contributed by atoms with Gasteiger partial charge in [0.15, 0.2) is 0 Å². The minimum Gasteiger partial charge on any atom is -0.465 e. The molecule has 0 radical (unpaired) electrons. The van der Waals surface area contributed by atoms with Crippen LogP contribution in [0.2, 0.25) is 0 Å². The van der Waals surface area contributed by atoms with Crippen molar-refractivity contribution < 1.29 is 18.7 Å². The molecule has 2 rings (SSSR count). The van der Waals surface area contributed by atoms with Crippen molar-refractivity contribution in [2.75, 3.05) is 12.4 Å². The van der Waals surface area contributed by atoms with Crippen molar-refractivity contribution in [1.29, 1.82) is 0 Å². The predicted octanol–water partition coefficient (Wildman–Crippen LogP) is 3.57. The summed E-state index contributed by atoms with van der Waals surface area (Å²) in [6.07, 6.45) is 2.94. The second kappa shape index (κ2) is 7.35. The fraction of sp³-hybridized carbons (Fsp3) is 0.111. The predicted molar refractivity (Wildman–Crippen MR) is 86.6 cm³/mol. The summed E-state index contributed by atoms with van der Waals surface area (Å²) in [6, 6.07) is 11.1. The summed E-state index contributed by atoms with van der Waals surface area (Å²) in [5.74, 6) is -1.16. The number of carbonyl (C=O) groups is 2. The van der Waals surface area contributed by atoms with Crippen molar-refractivity contribution >= 4 is 23.6 Å². The number of ether oxygens (including phenoxy) is 1. The summed E-state index contributed by atoms with van der Waals surface area (Å²) in [5.41, 5.74) is 2.10. The van der Waals surface area contributed by atoms with Gasteiger partial charge in [0.2, 0.25) is 5.91 Å². The highest BCUT2D eigenvalue weighted by Gasteiger charge is 2.04. The number of hydrogen-bond donors (Lipinski definition) is 1. The van der Waals surface area contributed by atoms with Gasteiger partial charge in [0.1, 0.15) is 5.82 Å². The van der Waals surface area contributed by atoms with Gasteiger partial charge < -0.3 is 10.1 Å². The van der Waals surface area contributed by atoms with E-state index >= 15 is 0 Å². The van der Waals surface area contributed by atoms with Crippen LogP contribution in [0.25, 0.3) is 6.08 Å². The van der Waals surface area contributed by atoms with E-state index < -0.39 is 5.97 Å². The molecule has 1 N–H and O–H groups in total. The van der Waals surface area contributed by atoms with Crippen molar-refractivity contribution in [2.45, 2.75) is 6.92 Å². The van der Waals surface area contributed by atoms with E-state index in [1.807, 2.05) is 0 Å². The van der Waals surface area contributed by atoms with Gasteiger partial charge in [-0.15, -0.1) is 0 Å². The number of nitrogens with one attached hydrogen (secondary N) is 1. The summed E-state index contributed by atoms with van der Waals surface area (Å²) in [7, 11) is 1.31. The molecule has 118 valence electrons. The maximum Gasteiger partial charge on any atom is 0.337 e. The number of aryl methyl sites for hydroxylation is 1. The summed E-state index contributed by atoms with van der Waals surface area (Å²) in [5, 5.41) is 2.58. The van der Waals surface area contributed by atoms with Crippen LogP contribution in [-0.4, -0.2) is 19.0 Å². The lowest BCUT2D eigenvalue weighted by Crippen LogP contribution is -2.08. The van der Waals surface area contributed by atoms with Gasteiger partial charge in [-0.3, -0.25) is 4.79 Å². The van der Waals surface area contributed by atoms with Crippen molar-refractivity contribution in [1.82, 2.24) is 0 Å². The van der Waals surface area contributed by atoms with Crippen LogP contribution in [0, 0.1) is 12.7 Å². The molecule has 0 aromatic heterocycles. The third kappa shape index (κ3) is 4.51. The standard InChI is InChI=1S/C18H16FNO3/c1-12-3-9-15(11-16(12)19)20-17(21)10-6-13-4-7-14(8-5-13)18(22)23-2/h3-11H,1-2H3,(H,20,21)/b10-6+. The molecule has 4 nitrogen and oxygen atoms in total. The van der Waals surface area contributed by atoms with Gasteiger partial charge in [-0.05, 0) is 48.4 Å². The first-order valence-electron chi connectivity index (χ1n) is 6.93. The fourth-order valence-electron chi connectivity index (χ4n) is 1.87. The highest BCUT2D eigenvalue weighted by molar-refractivity contribution is 6.02. The molecule has 1 amide bonds. The Morgan fingerprint density at radius 1 is 1.13 bits per heavy atom. The van der Waals surface area contributed by atoms with Gasteiger partial charge in [0.25, 0.3) is 0 Å². The normalized spacial score (nSPS) is 10.6. The van der Waals surface area contributed by atoms with E-state index in [1.165, 1.54) is 19.3 Å². The second-order valence-electron chi connectivity index (χ2n) is 4.90. The molecule has 0 aliphatic carbocycles. The zero-order valence-corrected chi connectivity index (χ0v) is 12.8. The average Bonchev–Trinajstić information content (AvgIpc) is 2.56. The Morgan fingerprint density at radius 3 is 2.43 bits per heavy atom. The van der Waals surface area contributed by atoms with Crippen molar-refractivity contribution in [3.8, 4) is 0 Å². The van der Waals surface area contributed by atoms with E-state index in [9.17, 15) is 14.0 Å². The Kier molecular flexibility index (Phi) is 5.25. The molecule has 0 aliphatic heterocycles. The average molecular weight is 313 g/mol. The second-order valence-corrected chi connectivity index (χ2v) is 4.90. The molecule has 0 fully saturated rings. The number of carbonyl (C=O) groups excluding carboxylic acids is 2. The lowest BCUT2D eigenvalue weighted by molar-refractivity contribution is -0.111. The monoisotopic (exact) mass is 313 g/mol. The van der Waals surface area contributed by atoms with Crippen molar-refractivity contribution in [3.05, 3.63) is 71.0 Å². The topological polar surface area (TPSA) is 55.4 Å². The first kappa shape index (κ1) is 16.4. The number of rotatable bonds is 4. The molecule has 0 atom stereocenters. The number of methoxy groups -OCH3 is 1. The fourth-order valence-corrected chi connectivity index (χ4v) is 1.87. The molecule has 0 spiro atoms. The third-order valence-corrected chi connectivity index (χ3v) is 3.20. The smallest absolute Gasteiger partial charge is 0.337 e. The summed E-state index contributed by atoms with van der Waals surface area (Å²) in [4.78, 5) is 23.1. The van der Waals surface area contributed by atoms with Gasteiger partial charge in [-0.25, -0.2) is 9.18 Å². The Balaban J connectivity index is 2.00. The number of amides is 1. The Labute approximate surface area is 133 Å². The highest BCUT2D eigenvalue weighted by atomic mass is 19.1. The van der Waals surface area contributed by atoms with Crippen LogP contribution >= 0.6 is 0 Å². The van der Waals surface area contributed by atoms with E-state index in [1.54, 1.807) is 49.4 Å². The minimum atomic E-state index is -0.417. The van der Waals surface area contributed by atoms with Gasteiger partial charge in [-0.1, -0.05) is 18.2 Å². The molecule has 0 aliphatic rings. The molecule has 2 aromatic carbocycles. The third-order valence-electron chi connectivity index (χ3n) is 3.20. The van der Waals surface area contributed by atoms with Gasteiger partial charge in [-0.2, -0.15) is 0 Å². The van der Waals surface area contributed by atoms with E-state index in [0.717, 1.165) is 5.56 Å². The molecule has 0 unspecified atom stereocenters. The number of halogens is 1. The SMILES string of the molecule is COC(=O)c1ccc(/C=C/C(=O)Nc2ccc(C)c(F)c2)cc1. The molecule has 0 saturated carbocycles. The van der Waals surface area contributed by atoms with Crippen LogP contribution in [0.15, 0.2) is 48.5 Å². The molecule has 2 aromatic rings. The van der Waals surface area contributed by atoms with Gasteiger partial charge in [0, 0.05) is 11.8 Å². The van der Waals surface area contributed by atoms with E-state index in [-0.39, 0.29) is 11.7 Å². The Hall–Kier alpha value is -2.95. The quantitative estimate of drug-likeness (QED) is 0.693. The first-order valence-corrected chi connectivity index (χ1v) is 6.93. The highest BCUT2D eigenvalue weighted by Crippen LogP contribution is 2.14. The van der Waals surface area contributed by atoms with Crippen LogP contribution < -0.4 is 5.32 Å². The van der Waals surface area contributed by atoms with Gasteiger partial charge >= 0.3 is 5.97 Å². The van der Waals surface area contributed by atoms with Crippen molar-refractivity contribution in [2.24, 2.45) is 0 Å². The molecule has 5 heteroatoms. The van der Waals surface area contributed by atoms with Crippen LogP contribution in [0.5, 0.6) is 0 Å². The zero-order valence-electron chi connectivity index (χ0n) is 12.8. The lowest BCUT2D eigenvalue weighted by atomic mass is 10.1. The number of esters is 1. The molecule has 0 bridgehead atoms. The van der Waals surface area contributed by atoms with Crippen LogP contribution in [0.4, 0.5) is 10.1 Å². The van der Waals surface area contributed by atoms with Crippen LogP contribution in [0.1, 0.15) is 21.5 Å². The largest absolute Gasteiger partial charge is 0.465 e. The zero-order chi connectivity index (χ0) is 16.8. The number of benzene rings is 2. The first-order chi connectivity index (χ1) is 11.0. The number of hydrogen-bond acceptors (Lipinski definition) is 3. The molecular weight excluding hydrogens is 297 g/mol. The number of anilines is 1. The summed E-state index contributed by atoms with van der Waals surface area (Å²) < 4.78 is 18.0. The minimum absolute atomic E-state index is 0.370. The van der Waals surface area contributed by atoms with Crippen LogP contribution in [0.3, 0.4) is 0 Å². The van der Waals surface area contributed by atoms with E-state index in [2.05, 4.69) is 10.1 Å².